The van der Waals surface area contributed by atoms with Crippen LogP contribution in [0.5, 0.6) is 0 Å². The first kappa shape index (κ1) is 10.4. The number of hydrogen-bond acceptors (Lipinski definition) is 1. The quantitative estimate of drug-likeness (QED) is 0.777. The number of benzene rings is 1. The average Bonchev–Trinajstić information content (AvgIpc) is 2.16. The van der Waals surface area contributed by atoms with Gasteiger partial charge in [0.05, 0.1) is 0 Å². The minimum absolute atomic E-state index is 0.352. The molecule has 0 aliphatic rings. The van der Waals surface area contributed by atoms with Crippen LogP contribution >= 0.6 is 23.2 Å². The van der Waals surface area contributed by atoms with Gasteiger partial charge in [-0.1, -0.05) is 6.07 Å². The average molecular weight is 218 g/mol. The Morgan fingerprint density at radius 1 is 1.15 bits per heavy atom. The van der Waals surface area contributed by atoms with Crippen LogP contribution in [0.2, 0.25) is 0 Å². The van der Waals surface area contributed by atoms with Gasteiger partial charge in [0.1, 0.15) is 0 Å². The predicted molar refractivity (Wildman–Crippen MR) is 54.1 cm³/mol. The van der Waals surface area contributed by atoms with Gasteiger partial charge in [0, 0.05) is 17.3 Å². The van der Waals surface area contributed by atoms with Crippen LogP contribution in [-0.4, -0.2) is 5.91 Å². The third-order valence-electron chi connectivity index (χ3n) is 1.65. The van der Waals surface area contributed by atoms with E-state index in [0.717, 1.165) is 11.1 Å². The monoisotopic (exact) mass is 217 g/mol. The van der Waals surface area contributed by atoms with E-state index in [-0.39, 0.29) is 0 Å². The molecule has 0 fully saturated rings. The highest BCUT2D eigenvalue weighted by Gasteiger charge is 2.04. The van der Waals surface area contributed by atoms with E-state index in [1.54, 1.807) is 12.1 Å². The summed E-state index contributed by atoms with van der Waals surface area (Å²) in [5, 5.41) is 0. The lowest BCUT2D eigenvalue weighted by atomic mass is 10.1. The molecule has 0 bridgehead atoms. The third kappa shape index (κ3) is 2.61. The highest BCUT2D eigenvalue weighted by atomic mass is 35.5. The van der Waals surface area contributed by atoms with Crippen molar-refractivity contribution in [3.63, 3.8) is 0 Å². The molecule has 2 N–H and O–H groups in total. The van der Waals surface area contributed by atoms with E-state index in [9.17, 15) is 4.79 Å². The lowest BCUT2D eigenvalue weighted by Crippen LogP contribution is -2.11. The van der Waals surface area contributed by atoms with Gasteiger partial charge in [0.25, 0.3) is 0 Å². The second-order valence-electron chi connectivity index (χ2n) is 2.67. The molecule has 0 aliphatic carbocycles. The van der Waals surface area contributed by atoms with E-state index in [0.29, 0.717) is 17.3 Å². The molecule has 70 valence electrons. The van der Waals surface area contributed by atoms with Gasteiger partial charge in [-0.25, -0.2) is 0 Å². The normalized spacial score (nSPS) is 10.0. The molecule has 0 spiro atoms. The van der Waals surface area contributed by atoms with Crippen molar-refractivity contribution < 1.29 is 4.79 Å². The van der Waals surface area contributed by atoms with E-state index in [1.165, 1.54) is 0 Å². The van der Waals surface area contributed by atoms with Crippen LogP contribution in [0.1, 0.15) is 21.5 Å². The number of alkyl halides is 2. The largest absolute Gasteiger partial charge is 0.366 e. The van der Waals surface area contributed by atoms with Gasteiger partial charge in [-0.15, -0.1) is 23.2 Å². The van der Waals surface area contributed by atoms with Crippen LogP contribution in [0, 0.1) is 0 Å². The van der Waals surface area contributed by atoms with Gasteiger partial charge in [-0.05, 0) is 23.3 Å². The van der Waals surface area contributed by atoms with E-state index < -0.39 is 5.91 Å². The Morgan fingerprint density at radius 3 is 1.92 bits per heavy atom. The second-order valence-corrected chi connectivity index (χ2v) is 3.20. The summed E-state index contributed by atoms with van der Waals surface area (Å²) in [4.78, 5) is 10.9. The number of hydrogen-bond donors (Lipinski definition) is 1. The first-order valence-electron chi connectivity index (χ1n) is 3.72. The lowest BCUT2D eigenvalue weighted by Gasteiger charge is -2.03. The van der Waals surface area contributed by atoms with Crippen molar-refractivity contribution in [2.45, 2.75) is 11.8 Å². The SMILES string of the molecule is NC(=O)c1cc(CCl)cc(CCl)c1. The summed E-state index contributed by atoms with van der Waals surface area (Å²) in [6.45, 7) is 0. The molecule has 0 atom stereocenters. The number of carbonyl (C=O) groups is 1. The zero-order valence-corrected chi connectivity index (χ0v) is 8.40. The Balaban J connectivity index is 3.14. The number of halogens is 2. The Hall–Kier alpha value is -0.730. The summed E-state index contributed by atoms with van der Waals surface area (Å²) < 4.78 is 0. The fraction of sp³-hybridized carbons (Fsp3) is 0.222. The van der Waals surface area contributed by atoms with Gasteiger partial charge in [-0.3, -0.25) is 4.79 Å². The van der Waals surface area contributed by atoms with E-state index in [1.807, 2.05) is 6.07 Å². The highest BCUT2D eigenvalue weighted by molar-refractivity contribution is 6.18. The van der Waals surface area contributed by atoms with E-state index in [2.05, 4.69) is 0 Å². The molecule has 1 aromatic rings. The third-order valence-corrected chi connectivity index (χ3v) is 2.26. The maximum absolute atomic E-state index is 10.9. The van der Waals surface area contributed by atoms with Crippen molar-refractivity contribution in [2.75, 3.05) is 0 Å². The summed E-state index contributed by atoms with van der Waals surface area (Å²) in [5.74, 6) is 0.245. The number of amides is 1. The van der Waals surface area contributed by atoms with Gasteiger partial charge in [-0.2, -0.15) is 0 Å². The summed E-state index contributed by atoms with van der Waals surface area (Å²) in [6.07, 6.45) is 0. The van der Waals surface area contributed by atoms with Gasteiger partial charge < -0.3 is 5.73 Å². The van der Waals surface area contributed by atoms with Gasteiger partial charge in [0.15, 0.2) is 0 Å². The number of nitrogens with two attached hydrogens (primary N) is 1. The molecule has 1 aromatic carbocycles. The maximum Gasteiger partial charge on any atom is 0.248 e. The van der Waals surface area contributed by atoms with Crippen LogP contribution < -0.4 is 5.73 Å². The molecule has 13 heavy (non-hydrogen) atoms. The molecule has 1 amide bonds. The maximum atomic E-state index is 10.9. The minimum Gasteiger partial charge on any atom is -0.366 e. The smallest absolute Gasteiger partial charge is 0.248 e. The molecule has 4 heteroatoms. The van der Waals surface area contributed by atoms with Crippen LogP contribution in [0.3, 0.4) is 0 Å². The summed E-state index contributed by atoms with van der Waals surface area (Å²) in [6, 6.07) is 5.20. The summed E-state index contributed by atoms with van der Waals surface area (Å²) in [7, 11) is 0. The molecule has 0 heterocycles. The first-order valence-corrected chi connectivity index (χ1v) is 4.79. The molecule has 0 aromatic heterocycles. The zero-order valence-electron chi connectivity index (χ0n) is 6.89. The Kier molecular flexibility index (Phi) is 3.58. The highest BCUT2D eigenvalue weighted by Crippen LogP contribution is 2.13. The predicted octanol–water partition coefficient (Wildman–Crippen LogP) is 2.26. The van der Waals surface area contributed by atoms with Crippen molar-refractivity contribution in [2.24, 2.45) is 5.73 Å². The lowest BCUT2D eigenvalue weighted by molar-refractivity contribution is 0.1000. The summed E-state index contributed by atoms with van der Waals surface area (Å²) >= 11 is 11.3. The van der Waals surface area contributed by atoms with Gasteiger partial charge in [0.2, 0.25) is 5.91 Å². The summed E-state index contributed by atoms with van der Waals surface area (Å²) in [5.41, 5.74) is 7.30. The number of primary amides is 1. The van der Waals surface area contributed by atoms with Crippen LogP contribution in [-0.2, 0) is 11.8 Å². The van der Waals surface area contributed by atoms with E-state index in [4.69, 9.17) is 28.9 Å². The number of rotatable bonds is 3. The fourth-order valence-corrected chi connectivity index (χ4v) is 1.37. The van der Waals surface area contributed by atoms with Crippen molar-refractivity contribution in [1.82, 2.24) is 0 Å². The number of carbonyl (C=O) groups excluding carboxylic acids is 1. The van der Waals surface area contributed by atoms with Gasteiger partial charge >= 0.3 is 0 Å². The molecule has 2 nitrogen and oxygen atoms in total. The fourth-order valence-electron chi connectivity index (χ4n) is 1.06. The van der Waals surface area contributed by atoms with Crippen LogP contribution in [0.15, 0.2) is 18.2 Å². The minimum atomic E-state index is -0.460. The Bertz CT molecular complexity index is 303. The standard InChI is InChI=1S/C9H9Cl2NO/c10-4-6-1-7(5-11)3-8(2-6)9(12)13/h1-3H,4-5H2,(H2,12,13). The molecule has 0 unspecified atom stereocenters. The Morgan fingerprint density at radius 2 is 1.62 bits per heavy atom. The van der Waals surface area contributed by atoms with Crippen molar-refractivity contribution >= 4 is 29.1 Å². The van der Waals surface area contributed by atoms with Crippen molar-refractivity contribution in [3.8, 4) is 0 Å². The van der Waals surface area contributed by atoms with Crippen molar-refractivity contribution in [1.29, 1.82) is 0 Å². The zero-order chi connectivity index (χ0) is 9.84. The molecular formula is C9H9Cl2NO. The topological polar surface area (TPSA) is 43.1 Å². The Labute approximate surface area is 86.6 Å². The van der Waals surface area contributed by atoms with E-state index >= 15 is 0 Å². The molecule has 1 rings (SSSR count). The van der Waals surface area contributed by atoms with Crippen LogP contribution in [0.4, 0.5) is 0 Å². The first-order chi connectivity index (χ1) is 6.17. The molecule has 0 saturated carbocycles. The second kappa shape index (κ2) is 4.49. The molecule has 0 saturated heterocycles. The molecule has 0 radical (unpaired) electrons. The van der Waals surface area contributed by atoms with Crippen molar-refractivity contribution in [3.05, 3.63) is 34.9 Å². The molecule has 0 aliphatic heterocycles. The van der Waals surface area contributed by atoms with Crippen LogP contribution in [0.25, 0.3) is 0 Å². The molecular weight excluding hydrogens is 209 g/mol.